The first-order chi connectivity index (χ1) is 13.2. The second-order valence-corrected chi connectivity index (χ2v) is 7.49. The van der Waals surface area contributed by atoms with Crippen LogP contribution in [0.5, 0.6) is 17.2 Å². The molecule has 4 nitrogen and oxygen atoms in total. The smallest absolute Gasteiger partial charge is 0.165 e. The molecule has 0 amide bonds. The first-order valence-electron chi connectivity index (χ1n) is 9.86. The number of methoxy groups -OCH3 is 3. The third-order valence-corrected chi connectivity index (χ3v) is 6.05. The van der Waals surface area contributed by atoms with Crippen LogP contribution in [0.3, 0.4) is 0 Å². The van der Waals surface area contributed by atoms with Crippen molar-refractivity contribution in [3.05, 3.63) is 52.1 Å². The van der Waals surface area contributed by atoms with Gasteiger partial charge in [-0.05, 0) is 53.6 Å². The highest BCUT2D eigenvalue weighted by Gasteiger charge is 2.34. The van der Waals surface area contributed by atoms with Crippen LogP contribution < -0.4 is 14.2 Å². The first kappa shape index (κ1) is 18.2. The molecular weight excluding hydrogens is 338 g/mol. The van der Waals surface area contributed by atoms with Crippen molar-refractivity contribution in [3.63, 3.8) is 0 Å². The van der Waals surface area contributed by atoms with Crippen LogP contribution in [0.15, 0.2) is 24.3 Å². The highest BCUT2D eigenvalue weighted by atomic mass is 16.5. The quantitative estimate of drug-likeness (QED) is 0.787. The zero-order valence-electron chi connectivity index (χ0n) is 16.8. The molecule has 0 spiro atoms. The second kappa shape index (κ2) is 7.43. The van der Waals surface area contributed by atoms with Gasteiger partial charge in [0.1, 0.15) is 5.75 Å². The SMILES string of the molecule is CCCc1cc2c(cc1OC)CCN1Cc3c(ccc(OC)c3OC)C[C@@H]21. The largest absolute Gasteiger partial charge is 0.496 e. The summed E-state index contributed by atoms with van der Waals surface area (Å²) in [7, 11) is 5.22. The van der Waals surface area contributed by atoms with E-state index in [9.17, 15) is 0 Å². The first-order valence-corrected chi connectivity index (χ1v) is 9.86. The van der Waals surface area contributed by atoms with Crippen molar-refractivity contribution in [2.75, 3.05) is 27.9 Å². The topological polar surface area (TPSA) is 30.9 Å². The maximum Gasteiger partial charge on any atom is 0.165 e. The van der Waals surface area contributed by atoms with Crippen molar-refractivity contribution in [1.29, 1.82) is 0 Å². The molecule has 2 aromatic rings. The number of aryl methyl sites for hydroxylation is 1. The van der Waals surface area contributed by atoms with Gasteiger partial charge >= 0.3 is 0 Å². The van der Waals surface area contributed by atoms with Crippen molar-refractivity contribution in [2.45, 2.75) is 45.2 Å². The Morgan fingerprint density at radius 2 is 1.81 bits per heavy atom. The summed E-state index contributed by atoms with van der Waals surface area (Å²) < 4.78 is 16.9. The molecule has 0 unspecified atom stereocenters. The number of hydrogen-bond acceptors (Lipinski definition) is 4. The third-order valence-electron chi connectivity index (χ3n) is 6.05. The minimum Gasteiger partial charge on any atom is -0.496 e. The summed E-state index contributed by atoms with van der Waals surface area (Å²) in [5, 5.41) is 0. The molecule has 2 aromatic carbocycles. The van der Waals surface area contributed by atoms with Crippen LogP contribution in [0.4, 0.5) is 0 Å². The molecule has 0 saturated carbocycles. The second-order valence-electron chi connectivity index (χ2n) is 7.49. The van der Waals surface area contributed by atoms with E-state index in [1.807, 2.05) is 6.07 Å². The molecule has 2 aliphatic rings. The van der Waals surface area contributed by atoms with Crippen LogP contribution in [-0.2, 0) is 25.8 Å². The lowest BCUT2D eigenvalue weighted by atomic mass is 9.82. The average molecular weight is 367 g/mol. The molecule has 27 heavy (non-hydrogen) atoms. The van der Waals surface area contributed by atoms with Crippen molar-refractivity contribution < 1.29 is 14.2 Å². The molecule has 144 valence electrons. The minimum absolute atomic E-state index is 0.431. The van der Waals surface area contributed by atoms with Crippen LogP contribution in [0, 0.1) is 0 Å². The lowest BCUT2D eigenvalue weighted by molar-refractivity contribution is 0.157. The summed E-state index contributed by atoms with van der Waals surface area (Å²) in [5.74, 6) is 2.76. The van der Waals surface area contributed by atoms with Crippen LogP contribution in [0.2, 0.25) is 0 Å². The predicted octanol–water partition coefficient (Wildman–Crippen LogP) is 4.32. The highest BCUT2D eigenvalue weighted by molar-refractivity contribution is 5.53. The fourth-order valence-electron chi connectivity index (χ4n) is 4.72. The van der Waals surface area contributed by atoms with Crippen molar-refractivity contribution in [1.82, 2.24) is 4.90 Å². The van der Waals surface area contributed by atoms with Gasteiger partial charge in [-0.3, -0.25) is 4.90 Å². The van der Waals surface area contributed by atoms with Crippen LogP contribution in [0.25, 0.3) is 0 Å². The molecular formula is C23H29NO3. The van der Waals surface area contributed by atoms with E-state index >= 15 is 0 Å². The molecule has 0 bridgehead atoms. The lowest BCUT2D eigenvalue weighted by Gasteiger charge is -2.42. The molecule has 2 aliphatic heterocycles. The maximum atomic E-state index is 5.70. The zero-order chi connectivity index (χ0) is 19.0. The molecule has 2 heterocycles. The standard InChI is InChI=1S/C23H29NO3/c1-5-6-17-11-18-16(13-22(17)26-3)9-10-24-14-19-15(12-20(18)24)7-8-21(25-2)23(19)27-4/h7-8,11,13,20H,5-6,9-10,12,14H2,1-4H3/t20-/m0/s1. The Hall–Kier alpha value is -2.20. The summed E-state index contributed by atoms with van der Waals surface area (Å²) in [4.78, 5) is 2.59. The number of rotatable bonds is 5. The molecule has 0 N–H and O–H groups in total. The summed E-state index contributed by atoms with van der Waals surface area (Å²) in [5.41, 5.74) is 6.90. The van der Waals surface area contributed by atoms with Gasteiger partial charge in [-0.25, -0.2) is 0 Å². The fraction of sp³-hybridized carbons (Fsp3) is 0.478. The van der Waals surface area contributed by atoms with Gasteiger partial charge in [-0.15, -0.1) is 0 Å². The van der Waals surface area contributed by atoms with E-state index < -0.39 is 0 Å². The molecule has 0 fully saturated rings. The van der Waals surface area contributed by atoms with E-state index in [0.717, 1.165) is 56.0 Å². The molecule has 0 aliphatic carbocycles. The Labute approximate surface area is 162 Å². The van der Waals surface area contributed by atoms with Gasteiger partial charge in [0.2, 0.25) is 0 Å². The van der Waals surface area contributed by atoms with Gasteiger partial charge in [0.15, 0.2) is 11.5 Å². The Bertz CT molecular complexity index is 846. The average Bonchev–Trinajstić information content (AvgIpc) is 2.71. The summed E-state index contributed by atoms with van der Waals surface area (Å²) in [6, 6.07) is 9.36. The summed E-state index contributed by atoms with van der Waals surface area (Å²) in [6.45, 7) is 4.20. The molecule has 0 aromatic heterocycles. The number of benzene rings is 2. The summed E-state index contributed by atoms with van der Waals surface area (Å²) in [6.07, 6.45) is 4.27. The van der Waals surface area contributed by atoms with E-state index in [1.54, 1.807) is 21.3 Å². The summed E-state index contributed by atoms with van der Waals surface area (Å²) >= 11 is 0. The Morgan fingerprint density at radius 3 is 2.52 bits per heavy atom. The van der Waals surface area contributed by atoms with E-state index in [2.05, 4.69) is 30.0 Å². The van der Waals surface area contributed by atoms with Crippen molar-refractivity contribution >= 4 is 0 Å². The monoisotopic (exact) mass is 367 g/mol. The van der Waals surface area contributed by atoms with Crippen molar-refractivity contribution in [3.8, 4) is 17.2 Å². The Morgan fingerprint density at radius 1 is 1.00 bits per heavy atom. The van der Waals surface area contributed by atoms with Crippen LogP contribution in [0.1, 0.15) is 47.2 Å². The van der Waals surface area contributed by atoms with Gasteiger partial charge in [0.25, 0.3) is 0 Å². The zero-order valence-corrected chi connectivity index (χ0v) is 16.8. The fourth-order valence-corrected chi connectivity index (χ4v) is 4.72. The van der Waals surface area contributed by atoms with Gasteiger partial charge in [-0.2, -0.15) is 0 Å². The van der Waals surface area contributed by atoms with Crippen LogP contribution >= 0.6 is 0 Å². The molecule has 1 atom stereocenters. The van der Waals surface area contributed by atoms with Crippen LogP contribution in [-0.4, -0.2) is 32.8 Å². The highest BCUT2D eigenvalue weighted by Crippen LogP contribution is 2.44. The van der Waals surface area contributed by atoms with Gasteiger partial charge in [0, 0.05) is 24.7 Å². The molecule has 0 saturated heterocycles. The van der Waals surface area contributed by atoms with Gasteiger partial charge in [-0.1, -0.05) is 25.5 Å². The molecule has 0 radical (unpaired) electrons. The Kier molecular flexibility index (Phi) is 5.00. The van der Waals surface area contributed by atoms with Gasteiger partial charge in [0.05, 0.1) is 21.3 Å². The van der Waals surface area contributed by atoms with E-state index in [-0.39, 0.29) is 0 Å². The predicted molar refractivity (Wildman–Crippen MR) is 107 cm³/mol. The number of fused-ring (bicyclic) bond motifs is 4. The normalized spacial score (nSPS) is 18.3. The Balaban J connectivity index is 1.75. The third kappa shape index (κ3) is 3.06. The number of nitrogens with zero attached hydrogens (tertiary/aromatic N) is 1. The minimum atomic E-state index is 0.431. The lowest BCUT2D eigenvalue weighted by Crippen LogP contribution is -2.39. The van der Waals surface area contributed by atoms with Crippen molar-refractivity contribution in [2.24, 2.45) is 0 Å². The van der Waals surface area contributed by atoms with E-state index in [1.165, 1.54) is 27.8 Å². The van der Waals surface area contributed by atoms with Gasteiger partial charge < -0.3 is 14.2 Å². The maximum absolute atomic E-state index is 5.70. The number of ether oxygens (including phenoxy) is 3. The van der Waals surface area contributed by atoms with E-state index in [4.69, 9.17) is 14.2 Å². The number of hydrogen-bond donors (Lipinski definition) is 0. The van der Waals surface area contributed by atoms with E-state index in [0.29, 0.717) is 6.04 Å². The molecule has 4 rings (SSSR count). The molecule has 4 heteroatoms.